The number of ether oxygens (including phenoxy) is 7. The van der Waals surface area contributed by atoms with Gasteiger partial charge in [-0.2, -0.15) is 0 Å². The molecule has 0 radical (unpaired) electrons. The van der Waals surface area contributed by atoms with Crippen molar-refractivity contribution in [3.63, 3.8) is 0 Å². The van der Waals surface area contributed by atoms with Crippen LogP contribution in [0.15, 0.2) is 67.3 Å². The molecule has 2 aliphatic rings. The monoisotopic (exact) mass is 498 g/mol. The Morgan fingerprint density at radius 3 is 2.36 bits per heavy atom. The van der Waals surface area contributed by atoms with Crippen molar-refractivity contribution in [2.45, 2.75) is 57.8 Å². The molecule has 2 saturated heterocycles. The van der Waals surface area contributed by atoms with Crippen molar-refractivity contribution >= 4 is 5.97 Å². The van der Waals surface area contributed by atoms with Crippen LogP contribution >= 0.6 is 0 Å². The highest BCUT2D eigenvalue weighted by atomic mass is 16.8. The van der Waals surface area contributed by atoms with Crippen LogP contribution in [0.1, 0.15) is 32.6 Å². The Morgan fingerprint density at radius 1 is 1.03 bits per heavy atom. The van der Waals surface area contributed by atoms with Crippen LogP contribution in [-0.4, -0.2) is 57.0 Å². The molecule has 0 amide bonds. The molecule has 0 aromatic heterocycles. The van der Waals surface area contributed by atoms with Crippen molar-refractivity contribution in [2.75, 3.05) is 20.3 Å². The molecule has 2 aliphatic heterocycles. The Bertz CT molecular complexity index is 1000. The van der Waals surface area contributed by atoms with E-state index in [0.29, 0.717) is 11.5 Å². The maximum absolute atomic E-state index is 13.0. The number of benzene rings is 2. The number of esters is 1. The molecule has 0 saturated carbocycles. The third-order valence-electron chi connectivity index (χ3n) is 5.93. The fraction of sp³-hybridized carbons (Fsp3) is 0.464. The maximum atomic E-state index is 13.0. The highest BCUT2D eigenvalue weighted by Crippen LogP contribution is 2.38. The second kappa shape index (κ2) is 11.4. The SMILES string of the molecule is C=CCO[C@H]1[C@H]2O[C@@H](c3ccccc3)OC[C@H]2O[C@@H](Oc2ccc(OC)cc2)[C@@H]1OC(=O)C(C)(C)C. The fourth-order valence-electron chi connectivity index (χ4n) is 4.00. The Labute approximate surface area is 212 Å². The van der Waals surface area contributed by atoms with Crippen molar-refractivity contribution in [3.05, 3.63) is 72.8 Å². The number of methoxy groups -OCH3 is 1. The molecule has 0 aliphatic carbocycles. The van der Waals surface area contributed by atoms with E-state index >= 15 is 0 Å². The predicted octanol–water partition coefficient (Wildman–Crippen LogP) is 4.44. The van der Waals surface area contributed by atoms with Gasteiger partial charge in [-0.3, -0.25) is 4.79 Å². The lowest BCUT2D eigenvalue weighted by Gasteiger charge is -2.48. The van der Waals surface area contributed by atoms with Crippen LogP contribution in [0.2, 0.25) is 0 Å². The zero-order chi connectivity index (χ0) is 25.7. The molecule has 0 N–H and O–H groups in total. The zero-order valence-corrected chi connectivity index (χ0v) is 21.1. The van der Waals surface area contributed by atoms with Crippen LogP contribution in [0.5, 0.6) is 11.5 Å². The van der Waals surface area contributed by atoms with E-state index in [1.54, 1.807) is 58.2 Å². The summed E-state index contributed by atoms with van der Waals surface area (Å²) in [6, 6.07) is 16.7. The summed E-state index contributed by atoms with van der Waals surface area (Å²) >= 11 is 0. The molecule has 6 atom stereocenters. The zero-order valence-electron chi connectivity index (χ0n) is 21.1. The molecular formula is C28H34O8. The second-order valence-electron chi connectivity index (χ2n) is 9.72. The molecular weight excluding hydrogens is 464 g/mol. The summed E-state index contributed by atoms with van der Waals surface area (Å²) in [7, 11) is 1.59. The Balaban J connectivity index is 1.63. The van der Waals surface area contributed by atoms with E-state index in [1.165, 1.54) is 0 Å². The van der Waals surface area contributed by atoms with E-state index in [-0.39, 0.29) is 13.2 Å². The third-order valence-corrected chi connectivity index (χ3v) is 5.93. The summed E-state index contributed by atoms with van der Waals surface area (Å²) in [6.07, 6.45) is -2.60. The first-order valence-corrected chi connectivity index (χ1v) is 12.0. The predicted molar refractivity (Wildman–Crippen MR) is 132 cm³/mol. The van der Waals surface area contributed by atoms with Gasteiger partial charge in [0.05, 0.1) is 25.7 Å². The normalized spacial score (nSPS) is 28.0. The molecule has 194 valence electrons. The summed E-state index contributed by atoms with van der Waals surface area (Å²) in [6.45, 7) is 9.61. The molecule has 2 heterocycles. The number of hydrogen-bond acceptors (Lipinski definition) is 8. The van der Waals surface area contributed by atoms with Gasteiger partial charge in [-0.25, -0.2) is 0 Å². The van der Waals surface area contributed by atoms with Crippen molar-refractivity contribution in [2.24, 2.45) is 5.41 Å². The van der Waals surface area contributed by atoms with E-state index in [4.69, 9.17) is 33.2 Å². The van der Waals surface area contributed by atoms with Gasteiger partial charge in [0.15, 0.2) is 12.4 Å². The molecule has 2 aromatic carbocycles. The molecule has 2 fully saturated rings. The number of carbonyl (C=O) groups is 1. The summed E-state index contributed by atoms with van der Waals surface area (Å²) in [5, 5.41) is 0. The molecule has 0 unspecified atom stereocenters. The average Bonchev–Trinajstić information content (AvgIpc) is 2.88. The van der Waals surface area contributed by atoms with Crippen molar-refractivity contribution in [3.8, 4) is 11.5 Å². The second-order valence-corrected chi connectivity index (χ2v) is 9.72. The summed E-state index contributed by atoms with van der Waals surface area (Å²) in [5.41, 5.74) is 0.131. The van der Waals surface area contributed by atoms with Gasteiger partial charge in [0.1, 0.15) is 29.8 Å². The minimum Gasteiger partial charge on any atom is -0.497 e. The van der Waals surface area contributed by atoms with E-state index in [2.05, 4.69) is 6.58 Å². The molecule has 36 heavy (non-hydrogen) atoms. The molecule has 0 bridgehead atoms. The van der Waals surface area contributed by atoms with Gasteiger partial charge in [-0.05, 0) is 45.0 Å². The van der Waals surface area contributed by atoms with Crippen LogP contribution in [0.3, 0.4) is 0 Å². The minimum absolute atomic E-state index is 0.229. The highest BCUT2D eigenvalue weighted by Gasteiger charge is 2.54. The third kappa shape index (κ3) is 6.07. The topological polar surface area (TPSA) is 81.7 Å². The van der Waals surface area contributed by atoms with Crippen LogP contribution < -0.4 is 9.47 Å². The molecule has 8 heteroatoms. The lowest BCUT2D eigenvalue weighted by atomic mass is 9.95. The highest BCUT2D eigenvalue weighted by molar-refractivity contribution is 5.75. The fourth-order valence-corrected chi connectivity index (χ4v) is 4.00. The van der Waals surface area contributed by atoms with Gasteiger partial charge >= 0.3 is 5.97 Å². The standard InChI is InChI=1S/C28H34O8/c1-6-16-31-23-22-21(17-32-25(35-22)18-10-8-7-9-11-18)34-26(24(23)36-27(29)28(2,3)4)33-20-14-12-19(30-5)13-15-20/h6-15,21-26H,1,16-17H2,2-5H3/t21-,22+,23+,24-,25+,26-/m1/s1. The quantitative estimate of drug-likeness (QED) is 0.390. The van der Waals surface area contributed by atoms with Gasteiger partial charge < -0.3 is 33.2 Å². The van der Waals surface area contributed by atoms with Gasteiger partial charge in [0, 0.05) is 5.56 Å². The Morgan fingerprint density at radius 2 is 1.72 bits per heavy atom. The van der Waals surface area contributed by atoms with Crippen molar-refractivity contribution in [1.29, 1.82) is 0 Å². The smallest absolute Gasteiger partial charge is 0.311 e. The summed E-state index contributed by atoms with van der Waals surface area (Å²) in [5.74, 6) is 0.811. The lowest BCUT2D eigenvalue weighted by molar-refractivity contribution is -0.355. The van der Waals surface area contributed by atoms with E-state index in [0.717, 1.165) is 5.56 Å². The number of hydrogen-bond donors (Lipinski definition) is 0. The molecule has 0 spiro atoms. The number of fused-ring (bicyclic) bond motifs is 1. The van der Waals surface area contributed by atoms with Crippen LogP contribution in [0, 0.1) is 5.41 Å². The van der Waals surface area contributed by atoms with E-state index < -0.39 is 48.4 Å². The first kappa shape index (κ1) is 26.2. The van der Waals surface area contributed by atoms with Gasteiger partial charge in [-0.1, -0.05) is 36.4 Å². The van der Waals surface area contributed by atoms with Crippen LogP contribution in [0.4, 0.5) is 0 Å². The van der Waals surface area contributed by atoms with Gasteiger partial charge in [-0.15, -0.1) is 6.58 Å². The van der Waals surface area contributed by atoms with E-state index in [9.17, 15) is 4.79 Å². The van der Waals surface area contributed by atoms with E-state index in [1.807, 2.05) is 30.3 Å². The van der Waals surface area contributed by atoms with Crippen molar-refractivity contribution in [1.82, 2.24) is 0 Å². The summed E-state index contributed by atoms with van der Waals surface area (Å²) in [4.78, 5) is 13.0. The maximum Gasteiger partial charge on any atom is 0.311 e. The van der Waals surface area contributed by atoms with Crippen molar-refractivity contribution < 1.29 is 38.0 Å². The lowest BCUT2D eigenvalue weighted by Crippen LogP contribution is -2.65. The number of carbonyl (C=O) groups excluding carboxylic acids is 1. The minimum atomic E-state index is -0.957. The Hall–Kier alpha value is -2.91. The Kier molecular flexibility index (Phi) is 8.31. The molecule has 8 nitrogen and oxygen atoms in total. The van der Waals surface area contributed by atoms with Gasteiger partial charge in [0.25, 0.3) is 0 Å². The molecule has 4 rings (SSSR count). The largest absolute Gasteiger partial charge is 0.497 e. The summed E-state index contributed by atoms with van der Waals surface area (Å²) < 4.78 is 42.2. The first-order chi connectivity index (χ1) is 17.3. The number of rotatable bonds is 8. The molecule has 2 aromatic rings. The van der Waals surface area contributed by atoms with Gasteiger partial charge in [0.2, 0.25) is 6.29 Å². The first-order valence-electron chi connectivity index (χ1n) is 12.0. The van der Waals surface area contributed by atoms with Crippen LogP contribution in [-0.2, 0) is 28.5 Å². The van der Waals surface area contributed by atoms with Crippen LogP contribution in [0.25, 0.3) is 0 Å². The average molecular weight is 499 g/mol.